The molecule has 0 atom stereocenters. The van der Waals surface area contributed by atoms with Crippen molar-refractivity contribution >= 4 is 29.0 Å². The number of rotatable bonds is 3. The maximum Gasteiger partial charge on any atom is 0.255 e. The van der Waals surface area contributed by atoms with Gasteiger partial charge < -0.3 is 15.1 Å². The topological polar surface area (TPSA) is 65.5 Å². The van der Waals surface area contributed by atoms with E-state index in [1.807, 2.05) is 24.3 Å². The standard InChI is InChI=1S/C20H22N4O2/c1-14(25)24-11-8-15-12-16(4-6-18(15)24)20(26)22-17-5-7-19(21-13-17)23-9-2-3-10-23/h4-7,12-13H,2-3,8-11H2,1H3,(H,22,26). The lowest BCUT2D eigenvalue weighted by molar-refractivity contribution is -0.116. The van der Waals surface area contributed by atoms with E-state index in [-0.39, 0.29) is 11.8 Å². The number of hydrogen-bond acceptors (Lipinski definition) is 4. The Balaban J connectivity index is 1.46. The van der Waals surface area contributed by atoms with Crippen molar-refractivity contribution in [1.82, 2.24) is 4.98 Å². The highest BCUT2D eigenvalue weighted by Crippen LogP contribution is 2.29. The molecule has 0 aliphatic carbocycles. The van der Waals surface area contributed by atoms with Gasteiger partial charge in [0.25, 0.3) is 5.91 Å². The van der Waals surface area contributed by atoms with Crippen LogP contribution in [-0.2, 0) is 11.2 Å². The second-order valence-corrected chi connectivity index (χ2v) is 6.82. The molecule has 6 nitrogen and oxygen atoms in total. The second kappa shape index (κ2) is 6.78. The van der Waals surface area contributed by atoms with E-state index in [4.69, 9.17) is 0 Å². The lowest BCUT2D eigenvalue weighted by Crippen LogP contribution is -2.25. The van der Waals surface area contributed by atoms with Crippen molar-refractivity contribution in [2.24, 2.45) is 0 Å². The van der Waals surface area contributed by atoms with Crippen LogP contribution in [0, 0.1) is 0 Å². The van der Waals surface area contributed by atoms with Gasteiger partial charge in [0, 0.05) is 37.8 Å². The molecule has 1 fully saturated rings. The summed E-state index contributed by atoms with van der Waals surface area (Å²) in [4.78, 5) is 32.6. The van der Waals surface area contributed by atoms with E-state index in [9.17, 15) is 9.59 Å². The molecule has 2 aliphatic heterocycles. The van der Waals surface area contributed by atoms with Crippen LogP contribution in [0.3, 0.4) is 0 Å². The first-order chi connectivity index (χ1) is 12.6. The average molecular weight is 350 g/mol. The Labute approximate surface area is 152 Å². The molecule has 3 heterocycles. The van der Waals surface area contributed by atoms with E-state index in [1.165, 1.54) is 12.8 Å². The molecule has 134 valence electrons. The highest BCUT2D eigenvalue weighted by molar-refractivity contribution is 6.05. The summed E-state index contributed by atoms with van der Waals surface area (Å²) in [6.07, 6.45) is 4.90. The molecule has 4 rings (SSSR count). The minimum atomic E-state index is -0.162. The summed E-state index contributed by atoms with van der Waals surface area (Å²) < 4.78 is 0. The van der Waals surface area contributed by atoms with Gasteiger partial charge in [-0.25, -0.2) is 4.98 Å². The predicted molar refractivity (Wildman–Crippen MR) is 102 cm³/mol. The first-order valence-electron chi connectivity index (χ1n) is 9.05. The lowest BCUT2D eigenvalue weighted by atomic mass is 10.1. The van der Waals surface area contributed by atoms with Gasteiger partial charge in [-0.1, -0.05) is 0 Å². The van der Waals surface area contributed by atoms with E-state index in [0.29, 0.717) is 17.8 Å². The van der Waals surface area contributed by atoms with E-state index in [1.54, 1.807) is 24.1 Å². The summed E-state index contributed by atoms with van der Waals surface area (Å²) in [6.45, 7) is 4.34. The van der Waals surface area contributed by atoms with Crippen LogP contribution in [0.4, 0.5) is 17.2 Å². The second-order valence-electron chi connectivity index (χ2n) is 6.82. The van der Waals surface area contributed by atoms with E-state index in [2.05, 4.69) is 15.2 Å². The van der Waals surface area contributed by atoms with E-state index in [0.717, 1.165) is 36.6 Å². The minimum Gasteiger partial charge on any atom is -0.357 e. The van der Waals surface area contributed by atoms with Crippen LogP contribution in [0.5, 0.6) is 0 Å². The van der Waals surface area contributed by atoms with Crippen LogP contribution >= 0.6 is 0 Å². The third-order valence-electron chi connectivity index (χ3n) is 5.05. The zero-order chi connectivity index (χ0) is 18.1. The van der Waals surface area contributed by atoms with Crippen LogP contribution < -0.4 is 15.1 Å². The zero-order valence-electron chi connectivity index (χ0n) is 14.9. The Bertz CT molecular complexity index is 841. The molecule has 0 spiro atoms. The van der Waals surface area contributed by atoms with Gasteiger partial charge in [0.15, 0.2) is 0 Å². The van der Waals surface area contributed by atoms with Crippen molar-refractivity contribution < 1.29 is 9.59 Å². The molecular weight excluding hydrogens is 328 g/mol. The SMILES string of the molecule is CC(=O)N1CCc2cc(C(=O)Nc3ccc(N4CCCC4)nc3)ccc21. The number of nitrogens with one attached hydrogen (secondary N) is 1. The Hall–Kier alpha value is -2.89. The van der Waals surface area contributed by atoms with Crippen LogP contribution in [0.1, 0.15) is 35.7 Å². The number of pyridine rings is 1. The molecule has 0 unspecified atom stereocenters. The summed E-state index contributed by atoms with van der Waals surface area (Å²) in [5, 5.41) is 2.90. The molecule has 6 heteroatoms. The Kier molecular flexibility index (Phi) is 4.32. The van der Waals surface area contributed by atoms with Crippen LogP contribution in [0.25, 0.3) is 0 Å². The zero-order valence-corrected chi connectivity index (χ0v) is 14.9. The van der Waals surface area contributed by atoms with Crippen LogP contribution in [-0.4, -0.2) is 36.4 Å². The maximum atomic E-state index is 12.5. The number of hydrogen-bond donors (Lipinski definition) is 1. The molecule has 0 bridgehead atoms. The Morgan fingerprint density at radius 3 is 2.58 bits per heavy atom. The van der Waals surface area contributed by atoms with Crippen LogP contribution in [0.15, 0.2) is 36.5 Å². The van der Waals surface area contributed by atoms with Gasteiger partial charge in [-0.3, -0.25) is 9.59 Å². The maximum absolute atomic E-state index is 12.5. The highest BCUT2D eigenvalue weighted by Gasteiger charge is 2.23. The molecule has 0 saturated carbocycles. The fraction of sp³-hybridized carbons (Fsp3) is 0.350. The number of carbonyl (C=O) groups excluding carboxylic acids is 2. The van der Waals surface area contributed by atoms with E-state index >= 15 is 0 Å². The van der Waals surface area contributed by atoms with Crippen molar-refractivity contribution in [1.29, 1.82) is 0 Å². The smallest absolute Gasteiger partial charge is 0.255 e. The fourth-order valence-electron chi connectivity index (χ4n) is 3.67. The average Bonchev–Trinajstić information content (AvgIpc) is 3.31. The largest absolute Gasteiger partial charge is 0.357 e. The number of nitrogens with zero attached hydrogens (tertiary/aromatic N) is 3. The van der Waals surface area contributed by atoms with Crippen molar-refractivity contribution in [2.45, 2.75) is 26.2 Å². The molecule has 2 aliphatic rings. The summed E-state index contributed by atoms with van der Waals surface area (Å²) in [7, 11) is 0. The molecular formula is C20H22N4O2. The van der Waals surface area contributed by atoms with Gasteiger partial charge >= 0.3 is 0 Å². The number of anilines is 3. The number of fused-ring (bicyclic) bond motifs is 1. The number of aromatic nitrogens is 1. The van der Waals surface area contributed by atoms with Crippen molar-refractivity contribution in [3.63, 3.8) is 0 Å². The Morgan fingerprint density at radius 2 is 1.88 bits per heavy atom. The number of carbonyl (C=O) groups is 2. The third-order valence-corrected chi connectivity index (χ3v) is 5.05. The van der Waals surface area contributed by atoms with Gasteiger partial charge in [0.1, 0.15) is 5.82 Å². The molecule has 0 radical (unpaired) electrons. The van der Waals surface area contributed by atoms with Crippen LogP contribution in [0.2, 0.25) is 0 Å². The number of amides is 2. The third kappa shape index (κ3) is 3.14. The summed E-state index contributed by atoms with van der Waals surface area (Å²) >= 11 is 0. The molecule has 2 amide bonds. The van der Waals surface area contributed by atoms with Crippen molar-refractivity contribution in [3.05, 3.63) is 47.7 Å². The monoisotopic (exact) mass is 350 g/mol. The van der Waals surface area contributed by atoms with Crippen molar-refractivity contribution in [2.75, 3.05) is 34.8 Å². The molecule has 1 aromatic heterocycles. The van der Waals surface area contributed by atoms with Gasteiger partial charge in [-0.2, -0.15) is 0 Å². The van der Waals surface area contributed by atoms with Gasteiger partial charge in [0.2, 0.25) is 5.91 Å². The lowest BCUT2D eigenvalue weighted by Gasteiger charge is -2.16. The summed E-state index contributed by atoms with van der Waals surface area (Å²) in [5.41, 5.74) is 3.22. The predicted octanol–water partition coefficient (Wildman–Crippen LogP) is 2.84. The van der Waals surface area contributed by atoms with Crippen molar-refractivity contribution in [3.8, 4) is 0 Å². The van der Waals surface area contributed by atoms with Gasteiger partial charge in [0.05, 0.1) is 11.9 Å². The first-order valence-corrected chi connectivity index (χ1v) is 9.05. The quantitative estimate of drug-likeness (QED) is 0.924. The van der Waals surface area contributed by atoms with Gasteiger partial charge in [-0.15, -0.1) is 0 Å². The molecule has 1 N–H and O–H groups in total. The minimum absolute atomic E-state index is 0.0325. The highest BCUT2D eigenvalue weighted by atomic mass is 16.2. The molecule has 2 aromatic rings. The fourth-order valence-corrected chi connectivity index (χ4v) is 3.67. The first kappa shape index (κ1) is 16.6. The summed E-state index contributed by atoms with van der Waals surface area (Å²) in [6, 6.07) is 9.34. The molecule has 1 aromatic carbocycles. The number of benzene rings is 1. The Morgan fingerprint density at radius 1 is 1.08 bits per heavy atom. The van der Waals surface area contributed by atoms with Gasteiger partial charge in [-0.05, 0) is 55.2 Å². The van der Waals surface area contributed by atoms with E-state index < -0.39 is 0 Å². The molecule has 1 saturated heterocycles. The normalized spacial score (nSPS) is 15.9. The summed E-state index contributed by atoms with van der Waals surface area (Å²) in [5.74, 6) is 0.831. The molecule has 26 heavy (non-hydrogen) atoms.